The second kappa shape index (κ2) is 7.28. The van der Waals surface area contributed by atoms with Crippen LogP contribution in [0.3, 0.4) is 0 Å². The van der Waals surface area contributed by atoms with Gasteiger partial charge in [0.2, 0.25) is 16.0 Å². The zero-order valence-electron chi connectivity index (χ0n) is 15.4. The van der Waals surface area contributed by atoms with Gasteiger partial charge in [0.25, 0.3) is 0 Å². The number of hydrogen-bond acceptors (Lipinski definition) is 5. The average Bonchev–Trinajstić information content (AvgIpc) is 2.97. The predicted octanol–water partition coefficient (Wildman–Crippen LogP) is 3.00. The van der Waals surface area contributed by atoms with E-state index in [0.29, 0.717) is 0 Å². The van der Waals surface area contributed by atoms with Crippen LogP contribution < -0.4 is 5.73 Å². The van der Waals surface area contributed by atoms with Crippen LogP contribution in [0.15, 0.2) is 42.5 Å². The molecular formula is C19H17F2N3O4S. The Morgan fingerprint density at radius 1 is 1.24 bits per heavy atom. The predicted molar refractivity (Wildman–Crippen MR) is 105 cm³/mol. The minimum Gasteiger partial charge on any atom is -0.478 e. The highest BCUT2D eigenvalue weighted by Crippen LogP contribution is 2.31. The number of fused-ring (bicyclic) bond motifs is 1. The Bertz CT molecular complexity index is 1260. The first-order valence-corrected chi connectivity index (χ1v) is 9.96. The lowest BCUT2D eigenvalue weighted by molar-refractivity contribution is -0.131. The molecule has 3 N–H and O–H groups in total. The Balaban J connectivity index is 2.33. The van der Waals surface area contributed by atoms with Gasteiger partial charge in [0.1, 0.15) is 0 Å². The maximum absolute atomic E-state index is 14.3. The number of carboxylic acid groups (broad SMARTS) is 1. The van der Waals surface area contributed by atoms with Crippen molar-refractivity contribution in [3.8, 4) is 0 Å². The lowest BCUT2D eigenvalue weighted by Crippen LogP contribution is -2.23. The summed E-state index contributed by atoms with van der Waals surface area (Å²) in [6, 6.07) is 7.57. The standard InChI is InChI=1S/C19H17F2N3O4S/c1-10(2)29(27,28)24-16-8-11(6-7-15(16)23-19(24)22)13(9-17(25)26)12-4-3-5-14(20)18(12)21/h3-10H,1-2H3,(H2,22,23)(H,25,26). The van der Waals surface area contributed by atoms with E-state index in [1.165, 1.54) is 44.2 Å². The quantitative estimate of drug-likeness (QED) is 0.612. The summed E-state index contributed by atoms with van der Waals surface area (Å²) in [6.07, 6.45) is 0.722. The number of nitrogen functional groups attached to an aromatic ring is 1. The zero-order valence-corrected chi connectivity index (χ0v) is 16.2. The van der Waals surface area contributed by atoms with Crippen molar-refractivity contribution in [3.63, 3.8) is 0 Å². The van der Waals surface area contributed by atoms with E-state index in [-0.39, 0.29) is 33.7 Å². The summed E-state index contributed by atoms with van der Waals surface area (Å²) >= 11 is 0. The Morgan fingerprint density at radius 3 is 2.55 bits per heavy atom. The largest absolute Gasteiger partial charge is 0.478 e. The molecule has 29 heavy (non-hydrogen) atoms. The van der Waals surface area contributed by atoms with E-state index in [0.717, 1.165) is 16.1 Å². The first-order valence-electron chi connectivity index (χ1n) is 8.45. The van der Waals surface area contributed by atoms with Gasteiger partial charge in [-0.15, -0.1) is 0 Å². The Kier molecular flexibility index (Phi) is 5.14. The maximum atomic E-state index is 14.3. The number of halogens is 2. The fraction of sp³-hybridized carbons (Fsp3) is 0.158. The number of hydrogen-bond donors (Lipinski definition) is 2. The third kappa shape index (κ3) is 3.58. The van der Waals surface area contributed by atoms with E-state index in [4.69, 9.17) is 5.73 Å². The van der Waals surface area contributed by atoms with Gasteiger partial charge in [-0.25, -0.2) is 30.9 Å². The molecule has 0 aliphatic heterocycles. The summed E-state index contributed by atoms with van der Waals surface area (Å²) in [5.41, 5.74) is 5.89. The molecule has 0 spiro atoms. The van der Waals surface area contributed by atoms with Crippen molar-refractivity contribution in [1.82, 2.24) is 8.96 Å². The first kappa shape index (κ1) is 20.5. The molecule has 2 aromatic carbocycles. The van der Waals surface area contributed by atoms with Gasteiger partial charge in [-0.3, -0.25) is 0 Å². The minimum atomic E-state index is -3.88. The van der Waals surface area contributed by atoms with Gasteiger partial charge in [-0.1, -0.05) is 18.2 Å². The van der Waals surface area contributed by atoms with Crippen molar-refractivity contribution in [2.75, 3.05) is 5.73 Å². The summed E-state index contributed by atoms with van der Waals surface area (Å²) < 4.78 is 54.3. The summed E-state index contributed by atoms with van der Waals surface area (Å²) in [4.78, 5) is 15.3. The molecule has 0 saturated carbocycles. The zero-order chi connectivity index (χ0) is 21.5. The second-order valence-electron chi connectivity index (χ2n) is 6.53. The molecule has 0 bridgehead atoms. The van der Waals surface area contributed by atoms with Crippen LogP contribution in [0, 0.1) is 11.6 Å². The summed E-state index contributed by atoms with van der Waals surface area (Å²) in [6.45, 7) is 2.95. The number of nitrogens with zero attached hydrogens (tertiary/aromatic N) is 2. The number of rotatable bonds is 5. The number of benzene rings is 2. The molecule has 0 aliphatic rings. The minimum absolute atomic E-state index is 0.0989. The van der Waals surface area contributed by atoms with Crippen LogP contribution in [0.25, 0.3) is 16.6 Å². The highest BCUT2D eigenvalue weighted by atomic mass is 32.2. The van der Waals surface area contributed by atoms with Crippen LogP contribution in [0.1, 0.15) is 25.0 Å². The number of carbonyl (C=O) groups is 1. The number of imidazole rings is 1. The van der Waals surface area contributed by atoms with Crippen molar-refractivity contribution < 1.29 is 27.1 Å². The van der Waals surface area contributed by atoms with E-state index in [1.807, 2.05) is 0 Å². The van der Waals surface area contributed by atoms with Crippen molar-refractivity contribution >= 4 is 38.5 Å². The van der Waals surface area contributed by atoms with Gasteiger partial charge in [-0.2, -0.15) is 0 Å². The van der Waals surface area contributed by atoms with Crippen LogP contribution in [0.5, 0.6) is 0 Å². The molecule has 3 rings (SSSR count). The van der Waals surface area contributed by atoms with Gasteiger partial charge >= 0.3 is 5.97 Å². The highest BCUT2D eigenvalue weighted by Gasteiger charge is 2.25. The molecule has 152 valence electrons. The van der Waals surface area contributed by atoms with Crippen molar-refractivity contribution in [1.29, 1.82) is 0 Å². The Morgan fingerprint density at radius 2 is 1.93 bits per heavy atom. The fourth-order valence-electron chi connectivity index (χ4n) is 2.87. The van der Waals surface area contributed by atoms with Crippen LogP contribution >= 0.6 is 0 Å². The molecule has 1 aromatic heterocycles. The van der Waals surface area contributed by atoms with Crippen LogP contribution in [-0.2, 0) is 14.8 Å². The molecule has 0 atom stereocenters. The molecule has 7 nitrogen and oxygen atoms in total. The molecule has 0 radical (unpaired) electrons. The number of nitrogens with two attached hydrogens (primary N) is 1. The van der Waals surface area contributed by atoms with Gasteiger partial charge in [-0.05, 0) is 43.2 Å². The van der Waals surface area contributed by atoms with Gasteiger partial charge < -0.3 is 10.8 Å². The van der Waals surface area contributed by atoms with Gasteiger partial charge in [0, 0.05) is 11.6 Å². The fourth-order valence-corrected chi connectivity index (χ4v) is 4.01. The van der Waals surface area contributed by atoms with Gasteiger partial charge in [0.15, 0.2) is 11.6 Å². The van der Waals surface area contributed by atoms with Crippen LogP contribution in [-0.4, -0.2) is 33.7 Å². The summed E-state index contributed by atoms with van der Waals surface area (Å²) in [5.74, 6) is -4.00. The second-order valence-corrected chi connectivity index (χ2v) is 8.87. The molecular weight excluding hydrogens is 404 g/mol. The van der Waals surface area contributed by atoms with Crippen molar-refractivity contribution in [2.45, 2.75) is 19.1 Å². The number of aliphatic carboxylic acids is 1. The van der Waals surface area contributed by atoms with E-state index < -0.39 is 32.9 Å². The van der Waals surface area contributed by atoms with E-state index >= 15 is 0 Å². The summed E-state index contributed by atoms with van der Waals surface area (Å²) in [5, 5.41) is 8.41. The SMILES string of the molecule is CC(C)S(=O)(=O)n1c(N)nc2ccc(C(=CC(=O)O)c3cccc(F)c3F)cc21. The van der Waals surface area contributed by atoms with E-state index in [2.05, 4.69) is 4.98 Å². The molecule has 0 fully saturated rings. The Hall–Kier alpha value is -3.27. The van der Waals surface area contributed by atoms with Crippen molar-refractivity contribution in [3.05, 3.63) is 65.2 Å². The lowest BCUT2D eigenvalue weighted by Gasteiger charge is -2.13. The molecule has 0 amide bonds. The molecule has 10 heteroatoms. The Labute approximate surface area is 165 Å². The maximum Gasteiger partial charge on any atom is 0.328 e. The molecule has 3 aromatic rings. The number of aromatic nitrogens is 2. The third-order valence-corrected chi connectivity index (χ3v) is 6.39. The molecule has 0 aliphatic carbocycles. The molecule has 1 heterocycles. The van der Waals surface area contributed by atoms with Crippen LogP contribution in [0.4, 0.5) is 14.7 Å². The molecule has 0 unspecified atom stereocenters. The first-order chi connectivity index (χ1) is 13.5. The van der Waals surface area contributed by atoms with E-state index in [9.17, 15) is 27.1 Å². The topological polar surface area (TPSA) is 115 Å². The third-order valence-electron chi connectivity index (χ3n) is 4.31. The van der Waals surface area contributed by atoms with Crippen molar-refractivity contribution in [2.24, 2.45) is 0 Å². The monoisotopic (exact) mass is 421 g/mol. The van der Waals surface area contributed by atoms with Crippen LogP contribution in [0.2, 0.25) is 0 Å². The normalized spacial score (nSPS) is 12.7. The lowest BCUT2D eigenvalue weighted by atomic mass is 9.96. The summed E-state index contributed by atoms with van der Waals surface area (Å²) in [7, 11) is -3.88. The number of carboxylic acids is 1. The van der Waals surface area contributed by atoms with Gasteiger partial charge in [0.05, 0.1) is 16.3 Å². The van der Waals surface area contributed by atoms with E-state index in [1.54, 1.807) is 0 Å². The average molecular weight is 421 g/mol. The highest BCUT2D eigenvalue weighted by molar-refractivity contribution is 7.90. The smallest absolute Gasteiger partial charge is 0.328 e. The molecule has 0 saturated heterocycles. The number of anilines is 1.